The van der Waals surface area contributed by atoms with Gasteiger partial charge in [0.1, 0.15) is 0 Å². The zero-order valence-corrected chi connectivity index (χ0v) is 9.97. The number of nitrogens with zero attached hydrogens (tertiary/aromatic N) is 1. The van der Waals surface area contributed by atoms with Crippen LogP contribution in [0.25, 0.3) is 0 Å². The van der Waals surface area contributed by atoms with Gasteiger partial charge in [-0.1, -0.05) is 13.3 Å². The molecule has 2 heteroatoms. The van der Waals surface area contributed by atoms with Crippen molar-refractivity contribution >= 4 is 12.6 Å². The summed E-state index contributed by atoms with van der Waals surface area (Å²) in [6, 6.07) is 0.937. The number of thiol groups is 1. The summed E-state index contributed by atoms with van der Waals surface area (Å²) in [6.45, 7) is 3.76. The van der Waals surface area contributed by atoms with Gasteiger partial charge in [-0.25, -0.2) is 0 Å². The Labute approximate surface area is 92.7 Å². The molecule has 0 N–H and O–H groups in total. The third-order valence-corrected chi connectivity index (χ3v) is 5.39. The van der Waals surface area contributed by atoms with Crippen molar-refractivity contribution in [3.05, 3.63) is 0 Å². The molecule has 0 amide bonds. The Hall–Kier alpha value is 0.310. The quantitative estimate of drug-likeness (QED) is 0.652. The van der Waals surface area contributed by atoms with E-state index in [0.29, 0.717) is 5.54 Å². The topological polar surface area (TPSA) is 3.24 Å². The monoisotopic (exact) mass is 211 g/mol. The predicted molar refractivity (Wildman–Crippen MR) is 62.8 cm³/mol. The molecule has 1 saturated carbocycles. The van der Waals surface area contributed by atoms with Gasteiger partial charge in [0.25, 0.3) is 0 Å². The van der Waals surface area contributed by atoms with Crippen molar-refractivity contribution in [1.29, 1.82) is 0 Å². The van der Waals surface area contributed by atoms with Crippen LogP contribution in [0.3, 0.4) is 0 Å². The molecule has 0 aromatic heterocycles. The molecule has 2 saturated heterocycles. The molecule has 4 unspecified atom stereocenters. The second-order valence-corrected chi connectivity index (χ2v) is 6.12. The van der Waals surface area contributed by atoms with Crippen LogP contribution in [-0.4, -0.2) is 28.8 Å². The van der Waals surface area contributed by atoms with Crippen LogP contribution in [0.2, 0.25) is 0 Å². The van der Waals surface area contributed by atoms with Crippen LogP contribution >= 0.6 is 12.6 Å². The van der Waals surface area contributed by atoms with E-state index in [1.807, 2.05) is 0 Å². The van der Waals surface area contributed by atoms with Crippen molar-refractivity contribution in [2.75, 3.05) is 12.3 Å². The highest BCUT2D eigenvalue weighted by Crippen LogP contribution is 2.52. The normalized spacial score (nSPS) is 52.3. The zero-order chi connectivity index (χ0) is 9.76. The number of hydrogen-bond acceptors (Lipinski definition) is 2. The molecule has 0 spiro atoms. The van der Waals surface area contributed by atoms with Crippen molar-refractivity contribution in [3.8, 4) is 0 Å². The van der Waals surface area contributed by atoms with Gasteiger partial charge in [0.15, 0.2) is 0 Å². The van der Waals surface area contributed by atoms with Crippen LogP contribution in [0.1, 0.15) is 39.0 Å². The number of fused-ring (bicyclic) bond motifs is 3. The summed E-state index contributed by atoms with van der Waals surface area (Å²) in [4.78, 5) is 2.84. The first-order chi connectivity index (χ1) is 6.75. The third-order valence-electron chi connectivity index (χ3n) is 4.80. The highest BCUT2D eigenvalue weighted by Gasteiger charge is 2.55. The Kier molecular flexibility index (Phi) is 2.14. The van der Waals surface area contributed by atoms with E-state index in [4.69, 9.17) is 0 Å². The van der Waals surface area contributed by atoms with E-state index < -0.39 is 0 Å². The summed E-state index contributed by atoms with van der Waals surface area (Å²) in [6.07, 6.45) is 7.29. The van der Waals surface area contributed by atoms with Crippen molar-refractivity contribution < 1.29 is 0 Å². The highest BCUT2D eigenvalue weighted by atomic mass is 32.1. The van der Waals surface area contributed by atoms with Gasteiger partial charge in [-0.05, 0) is 37.5 Å². The second kappa shape index (κ2) is 3.15. The fourth-order valence-electron chi connectivity index (χ4n) is 4.42. The van der Waals surface area contributed by atoms with E-state index in [-0.39, 0.29) is 0 Å². The van der Waals surface area contributed by atoms with E-state index in [0.717, 1.165) is 23.6 Å². The first-order valence-electron chi connectivity index (χ1n) is 6.13. The van der Waals surface area contributed by atoms with Crippen LogP contribution in [0.4, 0.5) is 0 Å². The molecule has 0 aromatic carbocycles. The van der Waals surface area contributed by atoms with Gasteiger partial charge in [0, 0.05) is 23.9 Å². The molecule has 3 rings (SSSR count). The summed E-state index contributed by atoms with van der Waals surface area (Å²) < 4.78 is 0. The summed E-state index contributed by atoms with van der Waals surface area (Å²) in [5, 5.41) is 0. The lowest BCUT2D eigenvalue weighted by Gasteiger charge is -2.33. The zero-order valence-electron chi connectivity index (χ0n) is 9.08. The minimum atomic E-state index is 0.512. The predicted octanol–water partition coefficient (Wildman–Crippen LogP) is 2.57. The molecule has 80 valence electrons. The van der Waals surface area contributed by atoms with Crippen molar-refractivity contribution in [3.63, 3.8) is 0 Å². The largest absolute Gasteiger partial charge is 0.293 e. The molecule has 0 aromatic rings. The van der Waals surface area contributed by atoms with Gasteiger partial charge < -0.3 is 0 Å². The minimum Gasteiger partial charge on any atom is -0.293 e. The van der Waals surface area contributed by atoms with Gasteiger partial charge in [-0.3, -0.25) is 4.90 Å². The maximum atomic E-state index is 4.62. The maximum Gasteiger partial charge on any atom is 0.0306 e. The van der Waals surface area contributed by atoms with Crippen LogP contribution in [0, 0.1) is 11.8 Å². The molecule has 1 nitrogen and oxygen atoms in total. The van der Waals surface area contributed by atoms with E-state index >= 15 is 0 Å². The average Bonchev–Trinajstić information content (AvgIpc) is 2.74. The van der Waals surface area contributed by atoms with Gasteiger partial charge in [-0.2, -0.15) is 12.6 Å². The fraction of sp³-hybridized carbons (Fsp3) is 1.00. The number of hydrogen-bond donors (Lipinski definition) is 1. The Morgan fingerprint density at radius 3 is 3.00 bits per heavy atom. The molecule has 3 fully saturated rings. The smallest absolute Gasteiger partial charge is 0.0306 e. The Morgan fingerprint density at radius 1 is 1.36 bits per heavy atom. The first kappa shape index (κ1) is 9.53. The van der Waals surface area contributed by atoms with E-state index in [9.17, 15) is 0 Å². The molecule has 14 heavy (non-hydrogen) atoms. The number of rotatable bonds is 1. The van der Waals surface area contributed by atoms with Crippen LogP contribution in [0.5, 0.6) is 0 Å². The van der Waals surface area contributed by atoms with Crippen molar-refractivity contribution in [1.82, 2.24) is 4.90 Å². The van der Waals surface area contributed by atoms with Crippen LogP contribution in [0.15, 0.2) is 0 Å². The average molecular weight is 211 g/mol. The first-order valence-corrected chi connectivity index (χ1v) is 6.76. The minimum absolute atomic E-state index is 0.512. The van der Waals surface area contributed by atoms with Gasteiger partial charge in [0.2, 0.25) is 0 Å². The van der Waals surface area contributed by atoms with Gasteiger partial charge >= 0.3 is 0 Å². The third kappa shape index (κ3) is 1.13. The van der Waals surface area contributed by atoms with E-state index in [1.165, 1.54) is 38.6 Å². The second-order valence-electron chi connectivity index (χ2n) is 5.81. The Balaban J connectivity index is 1.89. The van der Waals surface area contributed by atoms with Crippen molar-refractivity contribution in [2.45, 2.75) is 50.6 Å². The van der Waals surface area contributed by atoms with E-state index in [1.54, 1.807) is 0 Å². The molecule has 1 aliphatic carbocycles. The summed E-state index contributed by atoms with van der Waals surface area (Å²) in [5.41, 5.74) is 0.512. The lowest BCUT2D eigenvalue weighted by atomic mass is 9.88. The molecule has 3 aliphatic rings. The molecular formula is C12H21NS. The Bertz CT molecular complexity index is 242. The molecule has 0 bridgehead atoms. The maximum absolute atomic E-state index is 4.62. The van der Waals surface area contributed by atoms with Gasteiger partial charge in [0.05, 0.1) is 0 Å². The molecule has 4 atom stereocenters. The lowest BCUT2D eigenvalue weighted by molar-refractivity contribution is 0.167. The molecule has 2 heterocycles. The molecule has 0 radical (unpaired) electrons. The highest BCUT2D eigenvalue weighted by molar-refractivity contribution is 7.80. The fourth-order valence-corrected chi connectivity index (χ4v) is 4.86. The lowest BCUT2D eigenvalue weighted by Crippen LogP contribution is -2.43. The van der Waals surface area contributed by atoms with Gasteiger partial charge in [-0.15, -0.1) is 0 Å². The molecular weight excluding hydrogens is 190 g/mol. The van der Waals surface area contributed by atoms with Crippen LogP contribution in [-0.2, 0) is 0 Å². The van der Waals surface area contributed by atoms with E-state index in [2.05, 4.69) is 24.5 Å². The Morgan fingerprint density at radius 2 is 2.21 bits per heavy atom. The summed E-state index contributed by atoms with van der Waals surface area (Å²) in [5.74, 6) is 3.02. The van der Waals surface area contributed by atoms with Crippen LogP contribution < -0.4 is 0 Å². The SMILES string of the molecule is CC1CN2C3CCCC3CC2(CS)C1. The standard InChI is InChI=1S/C12H21NS/c1-9-5-12(8-14)6-10-3-2-4-11(10)13(12)7-9/h9-11,14H,2-8H2,1H3. The molecule has 2 aliphatic heterocycles. The summed E-state index contributed by atoms with van der Waals surface area (Å²) >= 11 is 4.62. The summed E-state index contributed by atoms with van der Waals surface area (Å²) in [7, 11) is 0. The van der Waals surface area contributed by atoms with Crippen molar-refractivity contribution in [2.24, 2.45) is 11.8 Å².